The topological polar surface area (TPSA) is 29.1 Å². The smallest absolute Gasteiger partial charge is 0.252 e. The SMILES string of the molecule is CC(C)CNC(=O)c1csc(Br)c1. The van der Waals surface area contributed by atoms with E-state index in [9.17, 15) is 4.79 Å². The number of carbonyl (C=O) groups is 1. The van der Waals surface area contributed by atoms with E-state index in [0.717, 1.165) is 15.9 Å². The molecule has 1 amide bonds. The van der Waals surface area contributed by atoms with E-state index in [2.05, 4.69) is 35.1 Å². The van der Waals surface area contributed by atoms with Gasteiger partial charge in [-0.15, -0.1) is 11.3 Å². The van der Waals surface area contributed by atoms with Crippen molar-refractivity contribution in [2.24, 2.45) is 5.92 Å². The second-order valence-electron chi connectivity index (χ2n) is 3.24. The predicted molar refractivity (Wildman–Crippen MR) is 59.2 cm³/mol. The van der Waals surface area contributed by atoms with Crippen molar-refractivity contribution in [1.29, 1.82) is 0 Å². The zero-order chi connectivity index (χ0) is 9.84. The molecule has 1 aromatic rings. The number of rotatable bonds is 3. The first kappa shape index (κ1) is 10.7. The lowest BCUT2D eigenvalue weighted by molar-refractivity contribution is 0.0949. The van der Waals surface area contributed by atoms with Crippen LogP contribution in [0.5, 0.6) is 0 Å². The normalized spacial score (nSPS) is 10.5. The van der Waals surface area contributed by atoms with Crippen molar-refractivity contribution in [3.8, 4) is 0 Å². The molecule has 0 aliphatic heterocycles. The van der Waals surface area contributed by atoms with Crippen molar-refractivity contribution in [3.63, 3.8) is 0 Å². The lowest BCUT2D eigenvalue weighted by Gasteiger charge is -2.05. The minimum absolute atomic E-state index is 0.00986. The predicted octanol–water partition coefficient (Wildman–Crippen LogP) is 2.90. The van der Waals surface area contributed by atoms with Gasteiger partial charge in [0.1, 0.15) is 0 Å². The van der Waals surface area contributed by atoms with Gasteiger partial charge in [-0.25, -0.2) is 0 Å². The highest BCUT2D eigenvalue weighted by molar-refractivity contribution is 9.11. The van der Waals surface area contributed by atoms with Gasteiger partial charge >= 0.3 is 0 Å². The molecule has 1 aromatic heterocycles. The van der Waals surface area contributed by atoms with Crippen molar-refractivity contribution in [2.75, 3.05) is 6.54 Å². The van der Waals surface area contributed by atoms with E-state index in [4.69, 9.17) is 0 Å². The molecule has 0 fully saturated rings. The van der Waals surface area contributed by atoms with Crippen LogP contribution in [0.3, 0.4) is 0 Å². The summed E-state index contributed by atoms with van der Waals surface area (Å²) in [5.41, 5.74) is 0.734. The van der Waals surface area contributed by atoms with Crippen LogP contribution in [0.2, 0.25) is 0 Å². The van der Waals surface area contributed by atoms with Crippen LogP contribution in [-0.2, 0) is 0 Å². The number of amides is 1. The second kappa shape index (κ2) is 4.77. The van der Waals surface area contributed by atoms with Crippen LogP contribution < -0.4 is 5.32 Å². The average Bonchev–Trinajstić information content (AvgIpc) is 2.47. The van der Waals surface area contributed by atoms with E-state index in [1.54, 1.807) is 0 Å². The van der Waals surface area contributed by atoms with Crippen molar-refractivity contribution in [3.05, 3.63) is 20.8 Å². The maximum absolute atomic E-state index is 11.4. The molecule has 0 atom stereocenters. The minimum atomic E-state index is 0.00986. The Kier molecular flexibility index (Phi) is 3.93. The standard InChI is InChI=1S/C9H12BrNOS/c1-6(2)4-11-9(12)7-3-8(10)13-5-7/h3,5-6H,4H2,1-2H3,(H,11,12). The number of nitrogens with one attached hydrogen (secondary N) is 1. The number of thiophene rings is 1. The van der Waals surface area contributed by atoms with Crippen molar-refractivity contribution >= 4 is 33.2 Å². The zero-order valence-corrected chi connectivity index (χ0v) is 10.0. The molecule has 0 radical (unpaired) electrons. The van der Waals surface area contributed by atoms with E-state index in [1.165, 1.54) is 11.3 Å². The molecule has 1 heterocycles. The highest BCUT2D eigenvalue weighted by Gasteiger charge is 2.07. The maximum atomic E-state index is 11.4. The van der Waals surface area contributed by atoms with Gasteiger partial charge < -0.3 is 5.32 Å². The second-order valence-corrected chi connectivity index (χ2v) is 5.53. The van der Waals surface area contributed by atoms with Crippen LogP contribution in [0.1, 0.15) is 24.2 Å². The fourth-order valence-electron chi connectivity index (χ4n) is 0.828. The molecule has 0 spiro atoms. The average molecular weight is 262 g/mol. The Morgan fingerprint density at radius 3 is 2.85 bits per heavy atom. The number of hydrogen-bond donors (Lipinski definition) is 1. The molecule has 0 saturated carbocycles. The maximum Gasteiger partial charge on any atom is 0.252 e. The van der Waals surface area contributed by atoms with Crippen molar-refractivity contribution in [2.45, 2.75) is 13.8 Å². The molecule has 72 valence electrons. The van der Waals surface area contributed by atoms with E-state index in [1.807, 2.05) is 11.4 Å². The van der Waals surface area contributed by atoms with E-state index >= 15 is 0 Å². The Morgan fingerprint density at radius 1 is 1.69 bits per heavy atom. The molecule has 13 heavy (non-hydrogen) atoms. The Bertz CT molecular complexity index is 296. The van der Waals surface area contributed by atoms with Gasteiger partial charge in [-0.05, 0) is 27.9 Å². The van der Waals surface area contributed by atoms with Gasteiger partial charge in [0.2, 0.25) is 0 Å². The molecule has 1 rings (SSSR count). The van der Waals surface area contributed by atoms with Gasteiger partial charge in [0, 0.05) is 11.9 Å². The third kappa shape index (κ3) is 3.48. The van der Waals surface area contributed by atoms with Crippen molar-refractivity contribution in [1.82, 2.24) is 5.32 Å². The summed E-state index contributed by atoms with van der Waals surface area (Å²) in [7, 11) is 0. The van der Waals surface area contributed by atoms with Crippen LogP contribution >= 0.6 is 27.3 Å². The molecular weight excluding hydrogens is 250 g/mol. The summed E-state index contributed by atoms with van der Waals surface area (Å²) in [6, 6.07) is 1.83. The summed E-state index contributed by atoms with van der Waals surface area (Å²) in [5.74, 6) is 0.502. The van der Waals surface area contributed by atoms with Crippen LogP contribution in [0.4, 0.5) is 0 Å². The summed E-state index contributed by atoms with van der Waals surface area (Å²) in [5, 5.41) is 4.71. The highest BCUT2D eigenvalue weighted by atomic mass is 79.9. The first-order chi connectivity index (χ1) is 6.09. The van der Waals surface area contributed by atoms with Crippen molar-refractivity contribution < 1.29 is 4.79 Å². The summed E-state index contributed by atoms with van der Waals surface area (Å²) in [4.78, 5) is 11.4. The van der Waals surface area contributed by atoms with Crippen LogP contribution in [0, 0.1) is 5.92 Å². The largest absolute Gasteiger partial charge is 0.352 e. The van der Waals surface area contributed by atoms with E-state index in [0.29, 0.717) is 5.92 Å². The number of hydrogen-bond acceptors (Lipinski definition) is 2. The zero-order valence-electron chi connectivity index (χ0n) is 7.63. The van der Waals surface area contributed by atoms with Gasteiger partial charge in [-0.1, -0.05) is 13.8 Å². The molecule has 0 unspecified atom stereocenters. The molecule has 4 heteroatoms. The molecule has 0 aliphatic carbocycles. The molecule has 0 aromatic carbocycles. The Hall–Kier alpha value is -0.350. The first-order valence-electron chi connectivity index (χ1n) is 4.12. The summed E-state index contributed by atoms with van der Waals surface area (Å²) in [6.07, 6.45) is 0. The fourth-order valence-corrected chi connectivity index (χ4v) is 1.96. The van der Waals surface area contributed by atoms with E-state index in [-0.39, 0.29) is 5.91 Å². The molecular formula is C9H12BrNOS. The van der Waals surface area contributed by atoms with Gasteiger partial charge in [0.05, 0.1) is 9.35 Å². The summed E-state index contributed by atoms with van der Waals surface area (Å²) >= 11 is 4.84. The summed E-state index contributed by atoms with van der Waals surface area (Å²) in [6.45, 7) is 4.87. The monoisotopic (exact) mass is 261 g/mol. The van der Waals surface area contributed by atoms with Gasteiger partial charge in [0.25, 0.3) is 5.91 Å². The molecule has 1 N–H and O–H groups in total. The molecule has 0 aliphatic rings. The molecule has 0 saturated heterocycles. The Morgan fingerprint density at radius 2 is 2.38 bits per heavy atom. The minimum Gasteiger partial charge on any atom is -0.352 e. The Labute approximate surface area is 90.5 Å². The molecule has 0 bridgehead atoms. The van der Waals surface area contributed by atoms with Gasteiger partial charge in [-0.3, -0.25) is 4.79 Å². The third-order valence-electron chi connectivity index (χ3n) is 1.50. The van der Waals surface area contributed by atoms with Crippen LogP contribution in [-0.4, -0.2) is 12.5 Å². The fraction of sp³-hybridized carbons (Fsp3) is 0.444. The first-order valence-corrected chi connectivity index (χ1v) is 5.79. The molecule has 2 nitrogen and oxygen atoms in total. The van der Waals surface area contributed by atoms with Crippen LogP contribution in [0.25, 0.3) is 0 Å². The number of halogens is 1. The Balaban J connectivity index is 2.49. The van der Waals surface area contributed by atoms with Crippen LogP contribution in [0.15, 0.2) is 15.2 Å². The number of carbonyl (C=O) groups excluding carboxylic acids is 1. The lowest BCUT2D eigenvalue weighted by atomic mass is 10.2. The quantitative estimate of drug-likeness (QED) is 0.891. The highest BCUT2D eigenvalue weighted by Crippen LogP contribution is 2.20. The van der Waals surface area contributed by atoms with Gasteiger partial charge in [-0.2, -0.15) is 0 Å². The third-order valence-corrected chi connectivity index (χ3v) is 3.00. The van der Waals surface area contributed by atoms with E-state index < -0.39 is 0 Å². The van der Waals surface area contributed by atoms with Gasteiger partial charge in [0.15, 0.2) is 0 Å². The lowest BCUT2D eigenvalue weighted by Crippen LogP contribution is -2.26. The summed E-state index contributed by atoms with van der Waals surface area (Å²) < 4.78 is 0.988.